The number of pyridine rings is 1. The van der Waals surface area contributed by atoms with Crippen LogP contribution in [-0.2, 0) is 0 Å². The molecular formula is C19H20FN5O. The van der Waals surface area contributed by atoms with E-state index in [2.05, 4.69) is 20.5 Å². The van der Waals surface area contributed by atoms with Gasteiger partial charge in [0.1, 0.15) is 17.6 Å². The number of urea groups is 1. The Morgan fingerprint density at radius 1 is 1.27 bits per heavy atom. The first-order valence-corrected chi connectivity index (χ1v) is 8.57. The minimum absolute atomic E-state index is 0.205. The van der Waals surface area contributed by atoms with E-state index in [1.165, 1.54) is 18.3 Å². The lowest BCUT2D eigenvalue weighted by molar-refractivity contribution is 0.224. The Kier molecular flexibility index (Phi) is 5.77. The van der Waals surface area contributed by atoms with Crippen molar-refractivity contribution in [1.29, 1.82) is 5.26 Å². The molecule has 134 valence electrons. The van der Waals surface area contributed by atoms with Gasteiger partial charge in [0.2, 0.25) is 0 Å². The molecule has 1 aliphatic rings. The zero-order valence-corrected chi connectivity index (χ0v) is 14.3. The van der Waals surface area contributed by atoms with Gasteiger partial charge in [0, 0.05) is 12.1 Å². The van der Waals surface area contributed by atoms with Gasteiger partial charge in [-0.25, -0.2) is 14.2 Å². The summed E-state index contributed by atoms with van der Waals surface area (Å²) in [5.74, 6) is -0.261. The van der Waals surface area contributed by atoms with Crippen molar-refractivity contribution >= 4 is 11.7 Å². The molecule has 0 bridgehead atoms. The fraction of sp³-hybridized carbons (Fsp3) is 0.316. The summed E-state index contributed by atoms with van der Waals surface area (Å²) in [6.45, 7) is 2.08. The molecular weight excluding hydrogens is 333 g/mol. The van der Waals surface area contributed by atoms with E-state index in [4.69, 9.17) is 5.26 Å². The highest BCUT2D eigenvalue weighted by molar-refractivity contribution is 5.89. The number of nitrogens with one attached hydrogen (secondary N) is 2. The molecule has 3 rings (SSSR count). The van der Waals surface area contributed by atoms with Crippen LogP contribution in [0.5, 0.6) is 0 Å². The van der Waals surface area contributed by atoms with Crippen LogP contribution in [0.1, 0.15) is 30.1 Å². The predicted molar refractivity (Wildman–Crippen MR) is 95.9 cm³/mol. The van der Waals surface area contributed by atoms with Crippen LogP contribution in [0.2, 0.25) is 0 Å². The Balaban J connectivity index is 1.64. The SMILES string of the molecule is N#Cc1ccc(NC(=O)NC[C@H](c2ccccc2F)N2CCCC2)cn1. The quantitative estimate of drug-likeness (QED) is 0.866. The van der Waals surface area contributed by atoms with Gasteiger partial charge in [-0.3, -0.25) is 4.90 Å². The van der Waals surface area contributed by atoms with Gasteiger partial charge in [0.25, 0.3) is 0 Å². The van der Waals surface area contributed by atoms with Crippen molar-refractivity contribution < 1.29 is 9.18 Å². The van der Waals surface area contributed by atoms with Gasteiger partial charge in [-0.15, -0.1) is 0 Å². The molecule has 1 saturated heterocycles. The van der Waals surface area contributed by atoms with Crippen molar-refractivity contribution in [3.05, 3.63) is 59.7 Å². The van der Waals surface area contributed by atoms with Gasteiger partial charge in [0.15, 0.2) is 0 Å². The molecule has 2 amide bonds. The first-order valence-electron chi connectivity index (χ1n) is 8.57. The zero-order valence-electron chi connectivity index (χ0n) is 14.3. The van der Waals surface area contributed by atoms with Gasteiger partial charge < -0.3 is 10.6 Å². The van der Waals surface area contributed by atoms with Crippen LogP contribution in [0.3, 0.4) is 0 Å². The molecule has 1 aliphatic heterocycles. The highest BCUT2D eigenvalue weighted by atomic mass is 19.1. The van der Waals surface area contributed by atoms with Gasteiger partial charge in [-0.1, -0.05) is 18.2 Å². The average Bonchev–Trinajstić information content (AvgIpc) is 3.18. The number of hydrogen-bond donors (Lipinski definition) is 2. The number of nitriles is 1. The molecule has 0 saturated carbocycles. The number of halogens is 1. The van der Waals surface area contributed by atoms with E-state index in [9.17, 15) is 9.18 Å². The molecule has 1 aromatic heterocycles. The average molecular weight is 353 g/mol. The number of likely N-dealkylation sites (tertiary alicyclic amines) is 1. The second-order valence-electron chi connectivity index (χ2n) is 6.16. The van der Waals surface area contributed by atoms with Gasteiger partial charge in [-0.2, -0.15) is 5.26 Å². The Morgan fingerprint density at radius 2 is 2.04 bits per heavy atom. The monoisotopic (exact) mass is 353 g/mol. The van der Waals surface area contributed by atoms with E-state index in [1.807, 2.05) is 12.1 Å². The smallest absolute Gasteiger partial charge is 0.319 e. The minimum Gasteiger partial charge on any atom is -0.336 e. The van der Waals surface area contributed by atoms with Crippen molar-refractivity contribution in [3.63, 3.8) is 0 Å². The van der Waals surface area contributed by atoms with Crippen molar-refractivity contribution in [2.24, 2.45) is 0 Å². The minimum atomic E-state index is -0.392. The molecule has 1 fully saturated rings. The van der Waals surface area contributed by atoms with Crippen molar-refractivity contribution in [1.82, 2.24) is 15.2 Å². The van der Waals surface area contributed by atoms with E-state index in [-0.39, 0.29) is 17.6 Å². The summed E-state index contributed by atoms with van der Waals surface area (Å²) in [5, 5.41) is 14.2. The first-order chi connectivity index (χ1) is 12.7. The van der Waals surface area contributed by atoms with Crippen molar-refractivity contribution in [3.8, 4) is 6.07 Å². The second-order valence-corrected chi connectivity index (χ2v) is 6.16. The van der Waals surface area contributed by atoms with Crippen LogP contribution < -0.4 is 10.6 Å². The fourth-order valence-corrected chi connectivity index (χ4v) is 3.13. The maximum Gasteiger partial charge on any atom is 0.319 e. The normalized spacial score (nSPS) is 15.2. The fourth-order valence-electron chi connectivity index (χ4n) is 3.13. The summed E-state index contributed by atoms with van der Waals surface area (Å²) in [7, 11) is 0. The van der Waals surface area contributed by atoms with Crippen LogP contribution in [0.4, 0.5) is 14.9 Å². The Hall–Kier alpha value is -2.98. The van der Waals surface area contributed by atoms with E-state index >= 15 is 0 Å². The molecule has 7 heteroatoms. The number of carbonyl (C=O) groups is 1. The Labute approximate surface area is 151 Å². The summed E-state index contributed by atoms with van der Waals surface area (Å²) >= 11 is 0. The summed E-state index contributed by atoms with van der Waals surface area (Å²) in [5.41, 5.74) is 1.37. The number of anilines is 1. The lowest BCUT2D eigenvalue weighted by Crippen LogP contribution is -2.39. The summed E-state index contributed by atoms with van der Waals surface area (Å²) in [6, 6.07) is 11.2. The molecule has 2 heterocycles. The standard InChI is InChI=1S/C19H20FN5O/c20-17-6-2-1-5-16(17)18(25-9-3-4-10-25)13-23-19(26)24-15-8-7-14(11-21)22-12-15/h1-2,5-8,12,18H,3-4,9-10,13H2,(H2,23,24,26)/t18-/m1/s1. The van der Waals surface area contributed by atoms with Crippen LogP contribution >= 0.6 is 0 Å². The third kappa shape index (κ3) is 4.35. The molecule has 1 aromatic carbocycles. The molecule has 0 aliphatic carbocycles. The third-order valence-corrected chi connectivity index (χ3v) is 4.44. The van der Waals surface area contributed by atoms with Crippen LogP contribution in [0, 0.1) is 17.1 Å². The van der Waals surface area contributed by atoms with Gasteiger partial charge in [0.05, 0.1) is 17.9 Å². The molecule has 26 heavy (non-hydrogen) atoms. The molecule has 0 spiro atoms. The number of nitrogens with zero attached hydrogens (tertiary/aromatic N) is 3. The van der Waals surface area contributed by atoms with E-state index in [0.29, 0.717) is 17.8 Å². The van der Waals surface area contributed by atoms with Crippen LogP contribution in [-0.4, -0.2) is 35.5 Å². The number of carbonyl (C=O) groups excluding carboxylic acids is 1. The number of amides is 2. The third-order valence-electron chi connectivity index (χ3n) is 4.44. The second kappa shape index (κ2) is 8.41. The summed E-state index contributed by atoms with van der Waals surface area (Å²) < 4.78 is 14.2. The van der Waals surface area contributed by atoms with E-state index in [0.717, 1.165) is 25.9 Å². The maximum absolute atomic E-state index is 14.2. The molecule has 0 unspecified atom stereocenters. The maximum atomic E-state index is 14.2. The molecule has 2 aromatic rings. The molecule has 6 nitrogen and oxygen atoms in total. The van der Waals surface area contributed by atoms with Gasteiger partial charge >= 0.3 is 6.03 Å². The van der Waals surface area contributed by atoms with Crippen molar-refractivity contribution in [2.45, 2.75) is 18.9 Å². The number of hydrogen-bond acceptors (Lipinski definition) is 4. The lowest BCUT2D eigenvalue weighted by atomic mass is 10.0. The Morgan fingerprint density at radius 3 is 2.69 bits per heavy atom. The lowest BCUT2D eigenvalue weighted by Gasteiger charge is -2.28. The van der Waals surface area contributed by atoms with Crippen LogP contribution in [0.15, 0.2) is 42.6 Å². The van der Waals surface area contributed by atoms with E-state index in [1.54, 1.807) is 18.2 Å². The topological polar surface area (TPSA) is 81.0 Å². The highest BCUT2D eigenvalue weighted by Crippen LogP contribution is 2.26. The molecule has 0 radical (unpaired) electrons. The molecule has 2 N–H and O–H groups in total. The summed E-state index contributed by atoms with van der Waals surface area (Å²) in [4.78, 5) is 18.3. The van der Waals surface area contributed by atoms with Gasteiger partial charge in [-0.05, 0) is 44.1 Å². The Bertz CT molecular complexity index is 796. The predicted octanol–water partition coefficient (Wildman–Crippen LogP) is 3.05. The largest absolute Gasteiger partial charge is 0.336 e. The van der Waals surface area contributed by atoms with Crippen LogP contribution in [0.25, 0.3) is 0 Å². The molecule has 1 atom stereocenters. The highest BCUT2D eigenvalue weighted by Gasteiger charge is 2.26. The van der Waals surface area contributed by atoms with Crippen molar-refractivity contribution in [2.75, 3.05) is 25.0 Å². The number of benzene rings is 1. The number of rotatable bonds is 5. The first kappa shape index (κ1) is 17.8. The summed E-state index contributed by atoms with van der Waals surface area (Å²) in [6.07, 6.45) is 3.58. The number of aromatic nitrogens is 1. The zero-order chi connectivity index (χ0) is 18.4. The van der Waals surface area contributed by atoms with E-state index < -0.39 is 6.03 Å².